The molecule has 2 aromatic rings. The summed E-state index contributed by atoms with van der Waals surface area (Å²) in [6, 6.07) is 5.13. The quantitative estimate of drug-likeness (QED) is 0.718. The molecule has 0 aliphatic carbocycles. The van der Waals surface area contributed by atoms with Gasteiger partial charge in [0.2, 0.25) is 5.95 Å². The van der Waals surface area contributed by atoms with Crippen LogP contribution in [0.3, 0.4) is 0 Å². The third-order valence-corrected chi connectivity index (χ3v) is 2.14. The summed E-state index contributed by atoms with van der Waals surface area (Å²) in [4.78, 5) is 27.7. The standard InChI is InChI=1S/C9H8N4O.C2HF3O2/c10-8(14)6-3-1-2-5-4-12-9(11)13-7(5)6;3-2(4,5)1(6)7/h1-4H,(H2,10,14)(H2,11,12,13);(H,6,7). The number of aliphatic carboxylic acids is 1. The van der Waals surface area contributed by atoms with Gasteiger partial charge in [0.15, 0.2) is 0 Å². The molecular formula is C11H9F3N4O3. The Morgan fingerprint density at radius 1 is 1.24 bits per heavy atom. The van der Waals surface area contributed by atoms with Gasteiger partial charge in [-0.25, -0.2) is 14.8 Å². The van der Waals surface area contributed by atoms with Gasteiger partial charge in [0.1, 0.15) is 0 Å². The third-order valence-electron chi connectivity index (χ3n) is 2.14. The number of primary amides is 1. The van der Waals surface area contributed by atoms with Crippen molar-refractivity contribution in [2.24, 2.45) is 5.73 Å². The van der Waals surface area contributed by atoms with Gasteiger partial charge in [-0.05, 0) is 6.07 Å². The molecule has 2 rings (SSSR count). The summed E-state index contributed by atoms with van der Waals surface area (Å²) >= 11 is 0. The monoisotopic (exact) mass is 302 g/mol. The zero-order chi connectivity index (χ0) is 16.2. The Morgan fingerprint density at radius 2 is 1.81 bits per heavy atom. The van der Waals surface area contributed by atoms with Gasteiger partial charge in [0.25, 0.3) is 5.91 Å². The highest BCUT2D eigenvalue weighted by Crippen LogP contribution is 2.15. The van der Waals surface area contributed by atoms with Gasteiger partial charge in [-0.3, -0.25) is 4.79 Å². The van der Waals surface area contributed by atoms with E-state index in [4.69, 9.17) is 21.4 Å². The summed E-state index contributed by atoms with van der Waals surface area (Å²) in [5.74, 6) is -3.15. The molecule has 21 heavy (non-hydrogen) atoms. The van der Waals surface area contributed by atoms with E-state index >= 15 is 0 Å². The molecule has 0 radical (unpaired) electrons. The van der Waals surface area contributed by atoms with E-state index in [2.05, 4.69) is 9.97 Å². The summed E-state index contributed by atoms with van der Waals surface area (Å²) in [6.45, 7) is 0. The fourth-order valence-electron chi connectivity index (χ4n) is 1.27. The number of carbonyl (C=O) groups excluding carboxylic acids is 1. The van der Waals surface area contributed by atoms with E-state index in [1.165, 1.54) is 0 Å². The highest BCUT2D eigenvalue weighted by molar-refractivity contribution is 6.04. The molecule has 112 valence electrons. The summed E-state index contributed by atoms with van der Waals surface area (Å²) in [5, 5.41) is 7.87. The first-order valence-electron chi connectivity index (χ1n) is 5.24. The van der Waals surface area contributed by atoms with Crippen molar-refractivity contribution in [2.75, 3.05) is 5.73 Å². The molecule has 0 saturated heterocycles. The second kappa shape index (κ2) is 6.03. The highest BCUT2D eigenvalue weighted by atomic mass is 19.4. The minimum Gasteiger partial charge on any atom is -0.475 e. The lowest BCUT2D eigenvalue weighted by Gasteiger charge is -2.01. The Labute approximate surface area is 115 Å². The molecular weight excluding hydrogens is 293 g/mol. The first-order valence-corrected chi connectivity index (χ1v) is 5.24. The third kappa shape index (κ3) is 4.30. The first kappa shape index (κ1) is 16.1. The number of nitrogens with two attached hydrogens (primary N) is 2. The van der Waals surface area contributed by atoms with Crippen LogP contribution in [0.25, 0.3) is 10.9 Å². The fraction of sp³-hybridized carbons (Fsp3) is 0.0909. The number of carbonyl (C=O) groups is 2. The van der Waals surface area contributed by atoms with Crippen molar-refractivity contribution in [1.82, 2.24) is 9.97 Å². The number of carboxylic acids is 1. The first-order chi connectivity index (χ1) is 9.62. The van der Waals surface area contributed by atoms with Crippen molar-refractivity contribution >= 4 is 28.7 Å². The molecule has 0 fully saturated rings. The predicted molar refractivity (Wildman–Crippen MR) is 66.2 cm³/mol. The Morgan fingerprint density at radius 3 is 2.29 bits per heavy atom. The molecule has 0 unspecified atom stereocenters. The maximum atomic E-state index is 11.0. The number of benzene rings is 1. The average Bonchev–Trinajstić information content (AvgIpc) is 2.37. The SMILES string of the molecule is NC(=O)c1cccc2cnc(N)nc12.O=C(O)C(F)(F)F. The van der Waals surface area contributed by atoms with E-state index in [0.717, 1.165) is 5.39 Å². The van der Waals surface area contributed by atoms with Gasteiger partial charge in [0, 0.05) is 11.6 Å². The van der Waals surface area contributed by atoms with Crippen LogP contribution >= 0.6 is 0 Å². The van der Waals surface area contributed by atoms with E-state index < -0.39 is 18.1 Å². The van der Waals surface area contributed by atoms with E-state index in [1.807, 2.05) is 0 Å². The number of aromatic nitrogens is 2. The van der Waals surface area contributed by atoms with Crippen LogP contribution in [-0.2, 0) is 4.79 Å². The van der Waals surface area contributed by atoms with Crippen LogP contribution in [0.2, 0.25) is 0 Å². The van der Waals surface area contributed by atoms with Crippen molar-refractivity contribution in [2.45, 2.75) is 6.18 Å². The molecule has 0 bridgehead atoms. The molecule has 0 aliphatic heterocycles. The van der Waals surface area contributed by atoms with Gasteiger partial charge in [0.05, 0.1) is 11.1 Å². The minimum absolute atomic E-state index is 0.131. The number of fused-ring (bicyclic) bond motifs is 1. The maximum Gasteiger partial charge on any atom is 0.490 e. The second-order valence-electron chi connectivity index (χ2n) is 3.64. The Hall–Kier alpha value is -2.91. The molecule has 1 heterocycles. The molecule has 1 amide bonds. The molecule has 0 saturated carbocycles. The van der Waals surface area contributed by atoms with Gasteiger partial charge in [-0.2, -0.15) is 13.2 Å². The summed E-state index contributed by atoms with van der Waals surface area (Å²) in [5.41, 5.74) is 11.5. The summed E-state index contributed by atoms with van der Waals surface area (Å²) in [6.07, 6.45) is -3.52. The van der Waals surface area contributed by atoms with Gasteiger partial charge >= 0.3 is 12.1 Å². The topological polar surface area (TPSA) is 132 Å². The van der Waals surface area contributed by atoms with Gasteiger partial charge in [-0.1, -0.05) is 12.1 Å². The number of alkyl halides is 3. The van der Waals surface area contributed by atoms with Crippen LogP contribution in [0, 0.1) is 0 Å². The smallest absolute Gasteiger partial charge is 0.475 e. The minimum atomic E-state index is -5.08. The second-order valence-corrected chi connectivity index (χ2v) is 3.64. The van der Waals surface area contributed by atoms with E-state index in [0.29, 0.717) is 11.1 Å². The number of carboxylic acid groups (broad SMARTS) is 1. The maximum absolute atomic E-state index is 11.0. The number of para-hydroxylation sites is 1. The van der Waals surface area contributed by atoms with Gasteiger partial charge in [-0.15, -0.1) is 0 Å². The zero-order valence-electron chi connectivity index (χ0n) is 10.3. The Bertz CT molecular complexity index is 688. The number of nitrogen functional groups attached to an aromatic ring is 1. The lowest BCUT2D eigenvalue weighted by Crippen LogP contribution is -2.21. The number of hydrogen-bond acceptors (Lipinski definition) is 5. The Kier molecular flexibility index (Phi) is 4.64. The van der Waals surface area contributed by atoms with E-state index in [9.17, 15) is 18.0 Å². The van der Waals surface area contributed by atoms with Crippen LogP contribution in [0.1, 0.15) is 10.4 Å². The van der Waals surface area contributed by atoms with Crippen LogP contribution in [-0.4, -0.2) is 33.1 Å². The van der Waals surface area contributed by atoms with Gasteiger partial charge < -0.3 is 16.6 Å². The van der Waals surface area contributed by atoms with Crippen LogP contribution in [0.15, 0.2) is 24.4 Å². The van der Waals surface area contributed by atoms with Crippen LogP contribution in [0.5, 0.6) is 0 Å². The molecule has 0 spiro atoms. The normalized spacial score (nSPS) is 10.6. The van der Waals surface area contributed by atoms with Crippen LogP contribution < -0.4 is 11.5 Å². The molecule has 7 nitrogen and oxygen atoms in total. The average molecular weight is 302 g/mol. The van der Waals surface area contributed by atoms with Crippen molar-refractivity contribution in [3.63, 3.8) is 0 Å². The number of hydrogen-bond donors (Lipinski definition) is 3. The highest BCUT2D eigenvalue weighted by Gasteiger charge is 2.38. The summed E-state index contributed by atoms with van der Waals surface area (Å²) in [7, 11) is 0. The lowest BCUT2D eigenvalue weighted by atomic mass is 10.1. The van der Waals surface area contributed by atoms with Crippen LogP contribution in [0.4, 0.5) is 19.1 Å². The largest absolute Gasteiger partial charge is 0.490 e. The molecule has 1 aromatic carbocycles. The fourth-order valence-corrected chi connectivity index (χ4v) is 1.27. The number of amides is 1. The molecule has 0 aliphatic rings. The van der Waals surface area contributed by atoms with E-state index in [-0.39, 0.29) is 5.95 Å². The Balaban J connectivity index is 0.000000270. The zero-order valence-corrected chi connectivity index (χ0v) is 10.3. The van der Waals surface area contributed by atoms with Crippen molar-refractivity contribution < 1.29 is 27.9 Å². The van der Waals surface area contributed by atoms with Crippen molar-refractivity contribution in [1.29, 1.82) is 0 Å². The van der Waals surface area contributed by atoms with Crippen molar-refractivity contribution in [3.05, 3.63) is 30.0 Å². The molecule has 10 heteroatoms. The number of nitrogens with zero attached hydrogens (tertiary/aromatic N) is 2. The molecule has 1 aromatic heterocycles. The predicted octanol–water partition coefficient (Wildman–Crippen LogP) is 0.944. The van der Waals surface area contributed by atoms with E-state index in [1.54, 1.807) is 24.4 Å². The molecule has 0 atom stereocenters. The number of rotatable bonds is 1. The lowest BCUT2D eigenvalue weighted by molar-refractivity contribution is -0.192. The number of anilines is 1. The summed E-state index contributed by atoms with van der Waals surface area (Å²) < 4.78 is 31.7. The molecule has 5 N–H and O–H groups in total. The van der Waals surface area contributed by atoms with Crippen molar-refractivity contribution in [3.8, 4) is 0 Å². The number of halogens is 3.